The van der Waals surface area contributed by atoms with Gasteiger partial charge in [0.1, 0.15) is 0 Å². The molecule has 0 aliphatic heterocycles. The van der Waals surface area contributed by atoms with Crippen molar-refractivity contribution >= 4 is 5.69 Å². The minimum absolute atomic E-state index is 0.258. The Morgan fingerprint density at radius 2 is 1.79 bits per heavy atom. The molecular weight excluding hydrogens is 248 g/mol. The molecule has 0 amide bonds. The number of para-hydroxylation sites is 1. The van der Waals surface area contributed by atoms with Gasteiger partial charge in [-0.05, 0) is 35.7 Å². The number of anilines is 1. The standard InChI is InChI=1S/C14H15F2N3/c15-11-6-5-9(7-12(11)16)8-14(19-18)10-3-1-2-4-13(10)17/h1-7,14,19H,8,17-18H2. The van der Waals surface area contributed by atoms with Crippen LogP contribution in [0.15, 0.2) is 42.5 Å². The number of rotatable bonds is 4. The molecule has 0 saturated carbocycles. The van der Waals surface area contributed by atoms with Gasteiger partial charge in [0.25, 0.3) is 0 Å². The van der Waals surface area contributed by atoms with Gasteiger partial charge in [-0.2, -0.15) is 0 Å². The molecule has 2 rings (SSSR count). The fourth-order valence-electron chi connectivity index (χ4n) is 1.99. The van der Waals surface area contributed by atoms with Crippen LogP contribution in [-0.2, 0) is 6.42 Å². The van der Waals surface area contributed by atoms with Gasteiger partial charge in [-0.25, -0.2) is 8.78 Å². The molecule has 2 aromatic carbocycles. The van der Waals surface area contributed by atoms with Crippen LogP contribution in [0, 0.1) is 11.6 Å². The molecule has 0 radical (unpaired) electrons. The quantitative estimate of drug-likeness (QED) is 0.450. The number of hydrazine groups is 1. The number of hydrogen-bond acceptors (Lipinski definition) is 3. The third-order valence-corrected chi connectivity index (χ3v) is 3.00. The van der Waals surface area contributed by atoms with Crippen LogP contribution in [0.3, 0.4) is 0 Å². The van der Waals surface area contributed by atoms with Crippen LogP contribution in [0.5, 0.6) is 0 Å². The second-order valence-electron chi connectivity index (χ2n) is 4.30. The molecule has 0 spiro atoms. The molecule has 0 aromatic heterocycles. The van der Waals surface area contributed by atoms with Gasteiger partial charge in [-0.1, -0.05) is 24.3 Å². The van der Waals surface area contributed by atoms with E-state index in [0.717, 1.165) is 11.6 Å². The zero-order chi connectivity index (χ0) is 13.8. The molecule has 0 saturated heterocycles. The first-order valence-corrected chi connectivity index (χ1v) is 5.86. The summed E-state index contributed by atoms with van der Waals surface area (Å²) >= 11 is 0. The number of benzene rings is 2. The maximum Gasteiger partial charge on any atom is 0.159 e. The lowest BCUT2D eigenvalue weighted by Crippen LogP contribution is -2.30. The van der Waals surface area contributed by atoms with Crippen LogP contribution in [0.4, 0.5) is 14.5 Å². The maximum atomic E-state index is 13.2. The summed E-state index contributed by atoms with van der Waals surface area (Å²) < 4.78 is 26.0. The Bertz CT molecular complexity index is 572. The van der Waals surface area contributed by atoms with E-state index in [1.165, 1.54) is 12.1 Å². The van der Waals surface area contributed by atoms with Crippen molar-refractivity contribution in [3.8, 4) is 0 Å². The number of hydrogen-bond donors (Lipinski definition) is 3. The lowest BCUT2D eigenvalue weighted by molar-refractivity contribution is 0.502. The van der Waals surface area contributed by atoms with Crippen LogP contribution < -0.4 is 17.0 Å². The van der Waals surface area contributed by atoms with Crippen LogP contribution >= 0.6 is 0 Å². The third kappa shape index (κ3) is 3.07. The Hall–Kier alpha value is -1.98. The highest BCUT2D eigenvalue weighted by molar-refractivity contribution is 5.48. The Kier molecular flexibility index (Phi) is 4.09. The van der Waals surface area contributed by atoms with E-state index in [1.807, 2.05) is 18.2 Å². The van der Waals surface area contributed by atoms with Crippen LogP contribution in [-0.4, -0.2) is 0 Å². The van der Waals surface area contributed by atoms with Gasteiger partial charge in [-0.15, -0.1) is 0 Å². The molecule has 100 valence electrons. The van der Waals surface area contributed by atoms with Gasteiger partial charge in [0.15, 0.2) is 11.6 Å². The lowest BCUT2D eigenvalue weighted by atomic mass is 9.98. The molecular formula is C14H15F2N3. The average molecular weight is 263 g/mol. The van der Waals surface area contributed by atoms with E-state index in [4.69, 9.17) is 11.6 Å². The van der Waals surface area contributed by atoms with Crippen molar-refractivity contribution in [1.82, 2.24) is 5.43 Å². The molecule has 0 bridgehead atoms. The van der Waals surface area contributed by atoms with E-state index < -0.39 is 11.6 Å². The summed E-state index contributed by atoms with van der Waals surface area (Å²) in [5, 5.41) is 0. The van der Waals surface area contributed by atoms with Crippen LogP contribution in [0.25, 0.3) is 0 Å². The molecule has 19 heavy (non-hydrogen) atoms. The molecule has 3 nitrogen and oxygen atoms in total. The second kappa shape index (κ2) is 5.77. The van der Waals surface area contributed by atoms with E-state index in [-0.39, 0.29) is 6.04 Å². The highest BCUT2D eigenvalue weighted by Crippen LogP contribution is 2.23. The first-order chi connectivity index (χ1) is 9.11. The van der Waals surface area contributed by atoms with Crippen molar-refractivity contribution in [1.29, 1.82) is 0 Å². The van der Waals surface area contributed by atoms with Crippen LogP contribution in [0.1, 0.15) is 17.2 Å². The summed E-state index contributed by atoms with van der Waals surface area (Å²) in [6, 6.07) is 10.8. The average Bonchev–Trinajstić information content (AvgIpc) is 2.41. The fourth-order valence-corrected chi connectivity index (χ4v) is 1.99. The summed E-state index contributed by atoms with van der Waals surface area (Å²) in [4.78, 5) is 0. The molecule has 1 unspecified atom stereocenters. The summed E-state index contributed by atoms with van der Waals surface area (Å²) in [7, 11) is 0. The predicted octanol–water partition coefficient (Wildman–Crippen LogP) is 2.29. The Labute approximate surface area is 110 Å². The minimum Gasteiger partial charge on any atom is -0.398 e. The van der Waals surface area contributed by atoms with Gasteiger partial charge in [0.05, 0.1) is 6.04 Å². The molecule has 5 N–H and O–H groups in total. The molecule has 2 aromatic rings. The van der Waals surface area contributed by atoms with Crippen molar-refractivity contribution in [3.63, 3.8) is 0 Å². The third-order valence-electron chi connectivity index (χ3n) is 3.00. The normalized spacial score (nSPS) is 12.4. The number of nitrogens with two attached hydrogens (primary N) is 2. The lowest BCUT2D eigenvalue weighted by Gasteiger charge is -2.18. The van der Waals surface area contributed by atoms with E-state index in [1.54, 1.807) is 6.07 Å². The van der Waals surface area contributed by atoms with E-state index in [0.29, 0.717) is 17.7 Å². The van der Waals surface area contributed by atoms with Gasteiger partial charge >= 0.3 is 0 Å². The zero-order valence-electron chi connectivity index (χ0n) is 10.2. The number of nitrogens with one attached hydrogen (secondary N) is 1. The Morgan fingerprint density at radius 1 is 1.05 bits per heavy atom. The second-order valence-corrected chi connectivity index (χ2v) is 4.30. The minimum atomic E-state index is -0.866. The SMILES string of the molecule is NNC(Cc1ccc(F)c(F)c1)c1ccccc1N. The molecule has 0 aliphatic rings. The van der Waals surface area contributed by atoms with Crippen molar-refractivity contribution in [2.75, 3.05) is 5.73 Å². The zero-order valence-corrected chi connectivity index (χ0v) is 10.2. The van der Waals surface area contributed by atoms with Gasteiger partial charge in [0, 0.05) is 5.69 Å². The smallest absolute Gasteiger partial charge is 0.159 e. The molecule has 0 fully saturated rings. The molecule has 0 aliphatic carbocycles. The van der Waals surface area contributed by atoms with Crippen molar-refractivity contribution in [3.05, 3.63) is 65.2 Å². The van der Waals surface area contributed by atoms with Crippen molar-refractivity contribution in [2.24, 2.45) is 5.84 Å². The Morgan fingerprint density at radius 3 is 2.42 bits per heavy atom. The first-order valence-electron chi connectivity index (χ1n) is 5.86. The maximum absolute atomic E-state index is 13.2. The monoisotopic (exact) mass is 263 g/mol. The molecule has 5 heteroatoms. The van der Waals surface area contributed by atoms with Gasteiger partial charge in [-0.3, -0.25) is 11.3 Å². The molecule has 0 heterocycles. The van der Waals surface area contributed by atoms with Gasteiger partial charge < -0.3 is 5.73 Å². The Balaban J connectivity index is 2.24. The summed E-state index contributed by atoms with van der Waals surface area (Å²) in [6.45, 7) is 0. The number of halogens is 2. The van der Waals surface area contributed by atoms with E-state index in [2.05, 4.69) is 5.43 Å². The summed E-state index contributed by atoms with van der Waals surface area (Å²) in [5.74, 6) is 3.79. The fraction of sp³-hybridized carbons (Fsp3) is 0.143. The van der Waals surface area contributed by atoms with Crippen molar-refractivity contribution in [2.45, 2.75) is 12.5 Å². The highest BCUT2D eigenvalue weighted by atomic mass is 19.2. The highest BCUT2D eigenvalue weighted by Gasteiger charge is 2.14. The van der Waals surface area contributed by atoms with Gasteiger partial charge in [0.2, 0.25) is 0 Å². The largest absolute Gasteiger partial charge is 0.398 e. The first kappa shape index (κ1) is 13.5. The molecule has 1 atom stereocenters. The summed E-state index contributed by atoms with van der Waals surface area (Å²) in [5.41, 5.74) is 10.6. The van der Waals surface area contributed by atoms with E-state index in [9.17, 15) is 8.78 Å². The van der Waals surface area contributed by atoms with Crippen molar-refractivity contribution < 1.29 is 8.78 Å². The predicted molar refractivity (Wildman–Crippen MR) is 71.0 cm³/mol. The topological polar surface area (TPSA) is 64.1 Å². The summed E-state index contributed by atoms with van der Waals surface area (Å²) in [6.07, 6.45) is 0.419. The van der Waals surface area contributed by atoms with Crippen LogP contribution in [0.2, 0.25) is 0 Å². The number of nitrogen functional groups attached to an aromatic ring is 1. The van der Waals surface area contributed by atoms with E-state index >= 15 is 0 Å².